The van der Waals surface area contributed by atoms with Gasteiger partial charge < -0.3 is 14.8 Å². The fourth-order valence-electron chi connectivity index (χ4n) is 3.64. The fraction of sp³-hybridized carbons (Fsp3) is 0.333. The van der Waals surface area contributed by atoms with E-state index >= 15 is 0 Å². The summed E-state index contributed by atoms with van der Waals surface area (Å²) in [6.45, 7) is 2.11. The monoisotopic (exact) mass is 439 g/mol. The van der Waals surface area contributed by atoms with Crippen molar-refractivity contribution in [1.82, 2.24) is 14.9 Å². The van der Waals surface area contributed by atoms with Crippen molar-refractivity contribution in [1.29, 1.82) is 0 Å². The van der Waals surface area contributed by atoms with E-state index < -0.39 is 0 Å². The summed E-state index contributed by atoms with van der Waals surface area (Å²) >= 11 is 5.83. The first-order valence-electron chi connectivity index (χ1n) is 10.6. The minimum Gasteiger partial charge on any atom is -0.494 e. The van der Waals surface area contributed by atoms with Crippen LogP contribution in [0, 0.1) is 0 Å². The predicted octanol–water partition coefficient (Wildman–Crippen LogP) is 4.38. The van der Waals surface area contributed by atoms with Gasteiger partial charge in [0, 0.05) is 30.2 Å². The summed E-state index contributed by atoms with van der Waals surface area (Å²) in [5, 5.41) is 4.08. The first-order chi connectivity index (χ1) is 15.2. The topological polar surface area (TPSA) is 65.4 Å². The molecule has 31 heavy (non-hydrogen) atoms. The maximum atomic E-state index is 12.5. The van der Waals surface area contributed by atoms with Crippen molar-refractivity contribution in [3.05, 3.63) is 82.0 Å². The maximum absolute atomic E-state index is 12.5. The van der Waals surface area contributed by atoms with Crippen molar-refractivity contribution in [2.24, 2.45) is 0 Å². The molecule has 1 aromatic carbocycles. The Morgan fingerprint density at radius 3 is 2.68 bits per heavy atom. The molecule has 0 spiro atoms. The summed E-state index contributed by atoms with van der Waals surface area (Å²) in [7, 11) is 0. The van der Waals surface area contributed by atoms with Gasteiger partial charge in [-0.3, -0.25) is 14.3 Å². The Morgan fingerprint density at radius 2 is 1.97 bits per heavy atom. The number of pyridine rings is 2. The summed E-state index contributed by atoms with van der Waals surface area (Å²) in [5.41, 5.74) is 1.35. The highest BCUT2D eigenvalue weighted by Gasteiger charge is 2.13. The van der Waals surface area contributed by atoms with Crippen molar-refractivity contribution in [2.75, 3.05) is 13.2 Å². The van der Waals surface area contributed by atoms with Crippen LogP contribution in [0.3, 0.4) is 0 Å². The van der Waals surface area contributed by atoms with E-state index in [1.165, 1.54) is 18.9 Å². The highest BCUT2D eigenvalue weighted by atomic mass is 35.5. The van der Waals surface area contributed by atoms with Gasteiger partial charge in [0.1, 0.15) is 18.1 Å². The number of aromatic nitrogens is 2. The second kappa shape index (κ2) is 10.5. The molecule has 7 heteroatoms. The van der Waals surface area contributed by atoms with Crippen LogP contribution in [0.4, 0.5) is 0 Å². The number of rotatable bonds is 9. The average Bonchev–Trinajstić information content (AvgIpc) is 3.31. The van der Waals surface area contributed by atoms with E-state index in [1.807, 2.05) is 24.3 Å². The molecule has 1 unspecified atom stereocenters. The van der Waals surface area contributed by atoms with Crippen molar-refractivity contribution in [3.8, 4) is 17.2 Å². The van der Waals surface area contributed by atoms with Gasteiger partial charge in [0.25, 0.3) is 5.56 Å². The first-order valence-corrected chi connectivity index (χ1v) is 11.0. The van der Waals surface area contributed by atoms with Gasteiger partial charge in [-0.1, -0.05) is 11.6 Å². The molecule has 3 heterocycles. The Labute approximate surface area is 186 Å². The van der Waals surface area contributed by atoms with Crippen molar-refractivity contribution < 1.29 is 9.47 Å². The molecule has 4 rings (SSSR count). The van der Waals surface area contributed by atoms with Crippen LogP contribution >= 0.6 is 11.6 Å². The molecule has 1 N–H and O–H groups in total. The lowest BCUT2D eigenvalue weighted by atomic mass is 10.1. The molecule has 1 fully saturated rings. The quantitative estimate of drug-likeness (QED) is 0.501. The molecule has 1 atom stereocenters. The molecule has 162 valence electrons. The Balaban J connectivity index is 1.30. The number of nitrogens with zero attached hydrogens (tertiary/aromatic N) is 2. The van der Waals surface area contributed by atoms with E-state index in [4.69, 9.17) is 21.1 Å². The Bertz CT molecular complexity index is 1030. The number of hydrogen-bond donors (Lipinski definition) is 1. The zero-order chi connectivity index (χ0) is 21.5. The molecule has 0 saturated carbocycles. The van der Waals surface area contributed by atoms with E-state index in [9.17, 15) is 4.79 Å². The first kappa shape index (κ1) is 21.4. The summed E-state index contributed by atoms with van der Waals surface area (Å²) in [5.74, 6) is 1.31. The molecular weight excluding hydrogens is 414 g/mol. The van der Waals surface area contributed by atoms with Gasteiger partial charge in [-0.25, -0.2) is 0 Å². The Kier molecular flexibility index (Phi) is 7.22. The van der Waals surface area contributed by atoms with Crippen LogP contribution in [0.5, 0.6) is 11.5 Å². The van der Waals surface area contributed by atoms with Crippen LogP contribution in [0.2, 0.25) is 5.02 Å². The molecule has 2 aromatic heterocycles. The smallest absolute Gasteiger partial charge is 0.258 e. The summed E-state index contributed by atoms with van der Waals surface area (Å²) < 4.78 is 13.1. The normalized spacial score (nSPS) is 15.7. The molecular formula is C24H26ClN3O3. The minimum atomic E-state index is -0.167. The van der Waals surface area contributed by atoms with Gasteiger partial charge >= 0.3 is 0 Å². The highest BCUT2D eigenvalue weighted by molar-refractivity contribution is 6.30. The standard InChI is InChI=1S/C24H26ClN3O3/c25-18-5-6-20(27-16-18)17-31-23-11-13-28(24(29)15-23)21-7-9-22(10-8-21)30-14-2-4-19-3-1-12-26-19/h5-11,13,15-16,19,26H,1-4,12,14,17H2. The van der Waals surface area contributed by atoms with Gasteiger partial charge in [0.05, 0.1) is 17.3 Å². The zero-order valence-electron chi connectivity index (χ0n) is 17.3. The number of ether oxygens (including phenoxy) is 2. The van der Waals surface area contributed by atoms with E-state index in [0.717, 1.165) is 36.5 Å². The maximum Gasteiger partial charge on any atom is 0.258 e. The number of hydrogen-bond acceptors (Lipinski definition) is 5. The van der Waals surface area contributed by atoms with Gasteiger partial charge in [0.2, 0.25) is 0 Å². The third-order valence-corrected chi connectivity index (χ3v) is 5.53. The van der Waals surface area contributed by atoms with Gasteiger partial charge in [-0.05, 0) is 74.7 Å². The van der Waals surface area contributed by atoms with Crippen LogP contribution in [0.25, 0.3) is 5.69 Å². The number of nitrogens with one attached hydrogen (secondary N) is 1. The number of halogens is 1. The molecule has 0 amide bonds. The van der Waals surface area contributed by atoms with Crippen LogP contribution in [0.15, 0.2) is 65.7 Å². The lowest BCUT2D eigenvalue weighted by molar-refractivity contribution is 0.299. The van der Waals surface area contributed by atoms with Crippen molar-refractivity contribution in [2.45, 2.75) is 38.3 Å². The highest BCUT2D eigenvalue weighted by Crippen LogP contribution is 2.17. The lowest BCUT2D eigenvalue weighted by Crippen LogP contribution is -2.21. The third kappa shape index (κ3) is 6.09. The largest absolute Gasteiger partial charge is 0.494 e. The summed E-state index contributed by atoms with van der Waals surface area (Å²) in [4.78, 5) is 16.7. The summed E-state index contributed by atoms with van der Waals surface area (Å²) in [6.07, 6.45) is 8.00. The van der Waals surface area contributed by atoms with Gasteiger partial charge in [-0.15, -0.1) is 0 Å². The molecule has 0 aliphatic carbocycles. The Hall–Kier alpha value is -2.83. The molecule has 3 aromatic rings. The van der Waals surface area contributed by atoms with Crippen molar-refractivity contribution >= 4 is 11.6 Å². The second-order valence-corrected chi connectivity index (χ2v) is 8.04. The van der Waals surface area contributed by atoms with E-state index in [2.05, 4.69) is 10.3 Å². The molecule has 0 radical (unpaired) electrons. The van der Waals surface area contributed by atoms with E-state index in [0.29, 0.717) is 23.4 Å². The van der Waals surface area contributed by atoms with Gasteiger partial charge in [0.15, 0.2) is 0 Å². The van der Waals surface area contributed by atoms with Gasteiger partial charge in [-0.2, -0.15) is 0 Å². The minimum absolute atomic E-state index is 0.167. The fourth-order valence-corrected chi connectivity index (χ4v) is 3.75. The SMILES string of the molecule is O=c1cc(OCc2ccc(Cl)cn2)ccn1-c1ccc(OCCCC2CCCN2)cc1. The molecule has 1 aliphatic rings. The predicted molar refractivity (Wildman–Crippen MR) is 121 cm³/mol. The van der Waals surface area contributed by atoms with Crippen LogP contribution < -0.4 is 20.3 Å². The average molecular weight is 440 g/mol. The zero-order valence-corrected chi connectivity index (χ0v) is 18.1. The van der Waals surface area contributed by atoms with E-state index in [1.54, 1.807) is 35.2 Å². The molecule has 1 aliphatic heterocycles. The Morgan fingerprint density at radius 1 is 1.10 bits per heavy atom. The van der Waals surface area contributed by atoms with Crippen LogP contribution in [-0.4, -0.2) is 28.7 Å². The molecule has 0 bridgehead atoms. The van der Waals surface area contributed by atoms with Crippen LogP contribution in [0.1, 0.15) is 31.4 Å². The molecule has 1 saturated heterocycles. The van der Waals surface area contributed by atoms with E-state index in [-0.39, 0.29) is 12.2 Å². The van der Waals surface area contributed by atoms with Crippen molar-refractivity contribution in [3.63, 3.8) is 0 Å². The summed E-state index contributed by atoms with van der Waals surface area (Å²) in [6, 6.07) is 15.0. The number of benzene rings is 1. The molecule has 6 nitrogen and oxygen atoms in total. The van der Waals surface area contributed by atoms with Crippen LogP contribution in [-0.2, 0) is 6.61 Å². The second-order valence-electron chi connectivity index (χ2n) is 7.60. The third-order valence-electron chi connectivity index (χ3n) is 5.31. The lowest BCUT2D eigenvalue weighted by Gasteiger charge is -2.12.